The van der Waals surface area contributed by atoms with Gasteiger partial charge in [0, 0.05) is 24.2 Å². The van der Waals surface area contributed by atoms with Crippen molar-refractivity contribution in [2.45, 2.75) is 13.0 Å². The van der Waals surface area contributed by atoms with Crippen LogP contribution in [0.25, 0.3) is 0 Å². The van der Waals surface area contributed by atoms with Crippen molar-refractivity contribution in [1.82, 2.24) is 9.80 Å². The van der Waals surface area contributed by atoms with Crippen molar-refractivity contribution in [3.63, 3.8) is 0 Å². The van der Waals surface area contributed by atoms with Gasteiger partial charge in [0.25, 0.3) is 0 Å². The van der Waals surface area contributed by atoms with E-state index in [4.69, 9.17) is 16.7 Å². The summed E-state index contributed by atoms with van der Waals surface area (Å²) in [7, 11) is 4.77. The van der Waals surface area contributed by atoms with Gasteiger partial charge in [-0.25, -0.2) is 4.39 Å². The Kier molecular flexibility index (Phi) is 6.32. The molecule has 0 saturated carbocycles. The van der Waals surface area contributed by atoms with Crippen LogP contribution in [-0.4, -0.2) is 54.5 Å². The predicted molar refractivity (Wildman–Crippen MR) is 82.3 cm³/mol. The molecular weight excluding hydrogens is 311 g/mol. The average molecular weight is 331 g/mol. The Morgan fingerprint density at radius 2 is 1.91 bits per heavy atom. The van der Waals surface area contributed by atoms with E-state index in [1.54, 1.807) is 19.0 Å². The van der Waals surface area contributed by atoms with Crippen LogP contribution in [0.1, 0.15) is 18.5 Å². The molecule has 0 aromatic heterocycles. The minimum absolute atomic E-state index is 0.0323. The highest BCUT2D eigenvalue weighted by molar-refractivity contribution is 6.31. The van der Waals surface area contributed by atoms with Crippen LogP contribution in [0, 0.1) is 11.7 Å². The average Bonchev–Trinajstić information content (AvgIpc) is 2.41. The highest BCUT2D eigenvalue weighted by Gasteiger charge is 2.31. The second kappa shape index (κ2) is 7.56. The lowest BCUT2D eigenvalue weighted by atomic mass is 10.0. The van der Waals surface area contributed by atoms with Gasteiger partial charge in [0.2, 0.25) is 5.91 Å². The van der Waals surface area contributed by atoms with Crippen LogP contribution in [0.15, 0.2) is 18.2 Å². The van der Waals surface area contributed by atoms with Gasteiger partial charge in [-0.1, -0.05) is 24.6 Å². The lowest BCUT2D eigenvalue weighted by Crippen LogP contribution is -2.41. The molecule has 7 heteroatoms. The van der Waals surface area contributed by atoms with E-state index in [2.05, 4.69) is 0 Å². The maximum Gasteiger partial charge on any atom is 0.308 e. The van der Waals surface area contributed by atoms with Gasteiger partial charge in [-0.3, -0.25) is 14.5 Å². The van der Waals surface area contributed by atoms with E-state index in [-0.39, 0.29) is 17.1 Å². The van der Waals surface area contributed by atoms with Crippen LogP contribution < -0.4 is 0 Å². The van der Waals surface area contributed by atoms with Gasteiger partial charge in [-0.2, -0.15) is 0 Å². The number of hydrogen-bond acceptors (Lipinski definition) is 3. The summed E-state index contributed by atoms with van der Waals surface area (Å²) in [6.07, 6.45) is 0. The Bertz CT molecular complexity index is 545. The fourth-order valence-corrected chi connectivity index (χ4v) is 2.43. The number of hydrogen-bond donors (Lipinski definition) is 1. The molecule has 1 amide bonds. The molecule has 1 N–H and O–H groups in total. The predicted octanol–water partition coefficient (Wildman–Crippen LogP) is 2.26. The topological polar surface area (TPSA) is 60.9 Å². The van der Waals surface area contributed by atoms with Crippen molar-refractivity contribution < 1.29 is 19.1 Å². The molecule has 2 atom stereocenters. The van der Waals surface area contributed by atoms with Gasteiger partial charge < -0.3 is 10.0 Å². The standard InChI is InChI=1S/C15H20ClFN2O3/c1-9(15(21)22)8-19(4)14(20)13(18(2)3)12-10(16)6-5-7-11(12)17/h5-7,9,13H,8H2,1-4H3,(H,21,22). The number of halogens is 2. The van der Waals surface area contributed by atoms with Gasteiger partial charge >= 0.3 is 5.97 Å². The van der Waals surface area contributed by atoms with Gasteiger partial charge in [0.1, 0.15) is 11.9 Å². The minimum atomic E-state index is -0.995. The van der Waals surface area contributed by atoms with E-state index in [1.807, 2.05) is 0 Å². The van der Waals surface area contributed by atoms with E-state index < -0.39 is 29.7 Å². The third kappa shape index (κ3) is 4.18. The summed E-state index contributed by atoms with van der Waals surface area (Å²) in [6.45, 7) is 1.54. The van der Waals surface area contributed by atoms with E-state index in [1.165, 1.54) is 37.1 Å². The SMILES string of the molecule is CC(CN(C)C(=O)C(c1c(F)cccc1Cl)N(C)C)C(=O)O. The number of likely N-dealkylation sites (N-methyl/N-ethyl adjacent to an activating group) is 2. The molecular formula is C15H20ClFN2O3. The third-order valence-corrected chi connectivity index (χ3v) is 3.70. The number of carboxylic acid groups (broad SMARTS) is 1. The molecule has 0 heterocycles. The molecule has 0 radical (unpaired) electrons. The smallest absolute Gasteiger partial charge is 0.308 e. The van der Waals surface area contributed by atoms with E-state index in [0.717, 1.165) is 0 Å². The Morgan fingerprint density at radius 3 is 2.36 bits per heavy atom. The molecule has 0 saturated heterocycles. The molecule has 122 valence electrons. The van der Waals surface area contributed by atoms with Crippen molar-refractivity contribution in [3.8, 4) is 0 Å². The second-order valence-corrected chi connectivity index (χ2v) is 5.87. The number of amides is 1. The van der Waals surface area contributed by atoms with Crippen LogP contribution in [0.5, 0.6) is 0 Å². The van der Waals surface area contributed by atoms with Crippen molar-refractivity contribution in [3.05, 3.63) is 34.6 Å². The maximum absolute atomic E-state index is 14.1. The molecule has 0 fully saturated rings. The lowest BCUT2D eigenvalue weighted by molar-refractivity contribution is -0.143. The molecule has 22 heavy (non-hydrogen) atoms. The minimum Gasteiger partial charge on any atom is -0.481 e. The monoisotopic (exact) mass is 330 g/mol. The van der Waals surface area contributed by atoms with Crippen LogP contribution in [0.2, 0.25) is 5.02 Å². The number of aliphatic carboxylic acids is 1. The summed E-state index contributed by atoms with van der Waals surface area (Å²) in [6, 6.07) is 3.31. The van der Waals surface area contributed by atoms with Crippen LogP contribution in [-0.2, 0) is 9.59 Å². The van der Waals surface area contributed by atoms with Crippen molar-refractivity contribution in [2.24, 2.45) is 5.92 Å². The zero-order chi connectivity index (χ0) is 17.0. The highest BCUT2D eigenvalue weighted by Crippen LogP contribution is 2.30. The van der Waals surface area contributed by atoms with Crippen molar-refractivity contribution in [2.75, 3.05) is 27.7 Å². The maximum atomic E-state index is 14.1. The van der Waals surface area contributed by atoms with Gasteiger partial charge in [0.15, 0.2) is 0 Å². The molecule has 0 aliphatic heterocycles. The summed E-state index contributed by atoms with van der Waals surface area (Å²) >= 11 is 6.04. The molecule has 2 unspecified atom stereocenters. The fourth-order valence-electron chi connectivity index (χ4n) is 2.16. The first-order valence-corrected chi connectivity index (χ1v) is 7.12. The molecule has 0 bridgehead atoms. The Morgan fingerprint density at radius 1 is 1.32 bits per heavy atom. The van der Waals surface area contributed by atoms with Gasteiger partial charge in [-0.15, -0.1) is 0 Å². The first-order valence-electron chi connectivity index (χ1n) is 6.75. The summed E-state index contributed by atoms with van der Waals surface area (Å²) in [5, 5.41) is 9.10. The lowest BCUT2D eigenvalue weighted by Gasteiger charge is -2.30. The number of nitrogens with zero attached hydrogens (tertiary/aromatic N) is 2. The molecule has 0 aliphatic carbocycles. The molecule has 1 rings (SSSR count). The number of rotatable bonds is 6. The second-order valence-electron chi connectivity index (χ2n) is 5.46. The molecule has 1 aromatic rings. The Balaban J connectivity index is 3.11. The first kappa shape index (κ1) is 18.4. The fraction of sp³-hybridized carbons (Fsp3) is 0.467. The van der Waals surface area contributed by atoms with Crippen molar-refractivity contribution in [1.29, 1.82) is 0 Å². The van der Waals surface area contributed by atoms with E-state index in [9.17, 15) is 14.0 Å². The summed E-state index contributed by atoms with van der Waals surface area (Å²) in [4.78, 5) is 26.4. The van der Waals surface area contributed by atoms with Crippen molar-refractivity contribution >= 4 is 23.5 Å². The zero-order valence-corrected chi connectivity index (χ0v) is 13.8. The summed E-state index contributed by atoms with van der Waals surface area (Å²) in [5.74, 6) is -2.69. The van der Waals surface area contributed by atoms with E-state index >= 15 is 0 Å². The summed E-state index contributed by atoms with van der Waals surface area (Å²) in [5.41, 5.74) is 0.0917. The van der Waals surface area contributed by atoms with Crippen LogP contribution in [0.3, 0.4) is 0 Å². The summed E-state index contributed by atoms with van der Waals surface area (Å²) < 4.78 is 14.1. The Hall–Kier alpha value is -1.66. The number of benzene rings is 1. The van der Waals surface area contributed by atoms with Gasteiger partial charge in [0.05, 0.1) is 5.92 Å². The number of carboxylic acids is 1. The quantitative estimate of drug-likeness (QED) is 0.869. The Labute approximate surface area is 134 Å². The van der Waals surface area contributed by atoms with Crippen LogP contribution >= 0.6 is 11.6 Å². The number of carbonyl (C=O) groups is 2. The molecule has 5 nitrogen and oxygen atoms in total. The third-order valence-electron chi connectivity index (χ3n) is 3.37. The molecule has 0 aliphatic rings. The van der Waals surface area contributed by atoms with Gasteiger partial charge in [-0.05, 0) is 26.2 Å². The highest BCUT2D eigenvalue weighted by atomic mass is 35.5. The molecule has 0 spiro atoms. The van der Waals surface area contributed by atoms with Crippen LogP contribution in [0.4, 0.5) is 4.39 Å². The zero-order valence-electron chi connectivity index (χ0n) is 13.0. The largest absolute Gasteiger partial charge is 0.481 e. The normalized spacial score (nSPS) is 13.8. The number of carbonyl (C=O) groups excluding carboxylic acids is 1. The first-order chi connectivity index (χ1) is 10.2. The van der Waals surface area contributed by atoms with E-state index in [0.29, 0.717) is 0 Å². The molecule has 1 aromatic carbocycles.